The third-order valence-electron chi connectivity index (χ3n) is 2.79. The van der Waals surface area contributed by atoms with Crippen molar-refractivity contribution in [1.82, 2.24) is 9.97 Å². The largest absolute Gasteiger partial charge is 0.384 e. The summed E-state index contributed by atoms with van der Waals surface area (Å²) < 4.78 is 0. The maximum absolute atomic E-state index is 11.2. The van der Waals surface area contributed by atoms with Gasteiger partial charge in [0.05, 0.1) is 12.0 Å². The molecule has 1 aromatic carbocycles. The molecule has 0 aliphatic carbocycles. The molecule has 16 heavy (non-hydrogen) atoms. The fourth-order valence-electron chi connectivity index (χ4n) is 1.99. The molecule has 4 nitrogen and oxygen atoms in total. The van der Waals surface area contributed by atoms with Crippen LogP contribution in [0.3, 0.4) is 0 Å². The van der Waals surface area contributed by atoms with E-state index < -0.39 is 0 Å². The van der Waals surface area contributed by atoms with Gasteiger partial charge in [-0.2, -0.15) is 0 Å². The van der Waals surface area contributed by atoms with E-state index in [2.05, 4.69) is 21.4 Å². The lowest BCUT2D eigenvalue weighted by atomic mass is 10.1. The standard InChI is InChI=1S/C12H11N3O/c16-12-6-11(14-7-15-12)8-1-2-10-9(5-8)3-4-13-10/h1-2,5-7,13H,3-4H2,(H,14,15,16). The van der Waals surface area contributed by atoms with Crippen LogP contribution in [0.25, 0.3) is 11.3 Å². The van der Waals surface area contributed by atoms with Gasteiger partial charge in [-0.1, -0.05) is 6.07 Å². The third-order valence-corrected chi connectivity index (χ3v) is 2.79. The molecule has 0 amide bonds. The topological polar surface area (TPSA) is 57.8 Å². The van der Waals surface area contributed by atoms with Crippen molar-refractivity contribution in [2.75, 3.05) is 11.9 Å². The summed E-state index contributed by atoms with van der Waals surface area (Å²) in [5, 5.41) is 3.30. The predicted molar refractivity (Wildman–Crippen MR) is 62.5 cm³/mol. The second kappa shape index (κ2) is 3.48. The highest BCUT2D eigenvalue weighted by Gasteiger charge is 2.11. The molecule has 4 heteroatoms. The highest BCUT2D eigenvalue weighted by molar-refractivity contribution is 5.67. The van der Waals surface area contributed by atoms with Crippen LogP contribution in [0.1, 0.15) is 5.56 Å². The Balaban J connectivity index is 2.10. The average Bonchev–Trinajstić information content (AvgIpc) is 2.75. The zero-order valence-corrected chi connectivity index (χ0v) is 8.66. The quantitative estimate of drug-likeness (QED) is 0.753. The van der Waals surface area contributed by atoms with Gasteiger partial charge in [0.15, 0.2) is 0 Å². The van der Waals surface area contributed by atoms with Crippen LogP contribution >= 0.6 is 0 Å². The van der Waals surface area contributed by atoms with E-state index in [9.17, 15) is 4.79 Å². The van der Waals surface area contributed by atoms with Gasteiger partial charge in [-0.25, -0.2) is 4.98 Å². The van der Waals surface area contributed by atoms with Crippen molar-refractivity contribution in [2.24, 2.45) is 0 Å². The van der Waals surface area contributed by atoms with Crippen molar-refractivity contribution in [3.63, 3.8) is 0 Å². The predicted octanol–water partition coefficient (Wildman–Crippen LogP) is 1.40. The molecule has 80 valence electrons. The number of anilines is 1. The summed E-state index contributed by atoms with van der Waals surface area (Å²) in [4.78, 5) is 17.9. The van der Waals surface area contributed by atoms with Gasteiger partial charge in [-0.15, -0.1) is 0 Å². The lowest BCUT2D eigenvalue weighted by Crippen LogP contribution is -2.04. The molecule has 0 saturated heterocycles. The summed E-state index contributed by atoms with van der Waals surface area (Å²) in [6.45, 7) is 0.988. The van der Waals surface area contributed by atoms with Gasteiger partial charge in [-0.3, -0.25) is 4.79 Å². The first-order valence-electron chi connectivity index (χ1n) is 5.25. The van der Waals surface area contributed by atoms with E-state index in [0.717, 1.165) is 24.2 Å². The van der Waals surface area contributed by atoms with Crippen LogP contribution in [0.2, 0.25) is 0 Å². The van der Waals surface area contributed by atoms with Crippen molar-refractivity contribution < 1.29 is 0 Å². The summed E-state index contributed by atoms with van der Waals surface area (Å²) >= 11 is 0. The summed E-state index contributed by atoms with van der Waals surface area (Å²) in [6, 6.07) is 7.64. The van der Waals surface area contributed by atoms with Crippen LogP contribution in [0, 0.1) is 0 Å². The zero-order valence-electron chi connectivity index (χ0n) is 8.66. The average molecular weight is 213 g/mol. The SMILES string of the molecule is O=c1cc(-c2ccc3c(c2)CCN3)nc[nH]1. The van der Waals surface area contributed by atoms with Crippen molar-refractivity contribution in [2.45, 2.75) is 6.42 Å². The lowest BCUT2D eigenvalue weighted by molar-refractivity contribution is 1.10. The Bertz CT molecular complexity index is 589. The molecule has 1 aliphatic rings. The van der Waals surface area contributed by atoms with Crippen LogP contribution in [0.5, 0.6) is 0 Å². The number of benzene rings is 1. The Morgan fingerprint density at radius 1 is 1.25 bits per heavy atom. The number of aromatic nitrogens is 2. The fraction of sp³-hybridized carbons (Fsp3) is 0.167. The molecule has 0 unspecified atom stereocenters. The number of fused-ring (bicyclic) bond motifs is 1. The van der Waals surface area contributed by atoms with Crippen molar-refractivity contribution in [3.8, 4) is 11.3 Å². The maximum Gasteiger partial charge on any atom is 0.251 e. The van der Waals surface area contributed by atoms with Crippen molar-refractivity contribution in [3.05, 3.63) is 46.5 Å². The van der Waals surface area contributed by atoms with Crippen LogP contribution in [0.4, 0.5) is 5.69 Å². The van der Waals surface area contributed by atoms with Gasteiger partial charge in [0, 0.05) is 23.9 Å². The van der Waals surface area contributed by atoms with Crippen molar-refractivity contribution >= 4 is 5.69 Å². The monoisotopic (exact) mass is 213 g/mol. The molecule has 0 fully saturated rings. The molecule has 0 saturated carbocycles. The Labute approximate surface area is 92.4 Å². The number of H-pyrrole nitrogens is 1. The minimum absolute atomic E-state index is 0.122. The van der Waals surface area contributed by atoms with E-state index in [1.807, 2.05) is 12.1 Å². The molecule has 1 aliphatic heterocycles. The number of nitrogens with zero attached hydrogens (tertiary/aromatic N) is 1. The Morgan fingerprint density at radius 3 is 3.06 bits per heavy atom. The van der Waals surface area contributed by atoms with E-state index in [-0.39, 0.29) is 5.56 Å². The first kappa shape index (κ1) is 9.15. The Morgan fingerprint density at radius 2 is 2.19 bits per heavy atom. The second-order valence-electron chi connectivity index (χ2n) is 3.85. The highest BCUT2D eigenvalue weighted by Crippen LogP contribution is 2.26. The molecule has 2 N–H and O–H groups in total. The lowest BCUT2D eigenvalue weighted by Gasteiger charge is -2.03. The number of aromatic amines is 1. The Kier molecular flexibility index (Phi) is 1.99. The highest BCUT2D eigenvalue weighted by atomic mass is 16.1. The van der Waals surface area contributed by atoms with Gasteiger partial charge >= 0.3 is 0 Å². The molecule has 0 radical (unpaired) electrons. The Hall–Kier alpha value is -2.10. The minimum atomic E-state index is -0.122. The van der Waals surface area contributed by atoms with Crippen molar-refractivity contribution in [1.29, 1.82) is 0 Å². The van der Waals surface area contributed by atoms with Gasteiger partial charge in [0.2, 0.25) is 0 Å². The van der Waals surface area contributed by atoms with Crippen LogP contribution in [-0.2, 0) is 6.42 Å². The fourth-order valence-corrected chi connectivity index (χ4v) is 1.99. The molecule has 0 spiro atoms. The summed E-state index contributed by atoms with van der Waals surface area (Å²) in [7, 11) is 0. The van der Waals surface area contributed by atoms with Crippen LogP contribution < -0.4 is 10.9 Å². The van der Waals surface area contributed by atoms with Gasteiger partial charge in [-0.05, 0) is 24.1 Å². The van der Waals surface area contributed by atoms with Gasteiger partial charge in [0.1, 0.15) is 0 Å². The minimum Gasteiger partial charge on any atom is -0.384 e. The number of hydrogen-bond donors (Lipinski definition) is 2. The molecule has 2 aromatic rings. The zero-order chi connectivity index (χ0) is 11.0. The smallest absolute Gasteiger partial charge is 0.251 e. The normalized spacial score (nSPS) is 13.2. The van der Waals surface area contributed by atoms with E-state index in [1.165, 1.54) is 23.6 Å². The maximum atomic E-state index is 11.2. The van der Waals surface area contributed by atoms with E-state index >= 15 is 0 Å². The second-order valence-corrected chi connectivity index (χ2v) is 3.85. The summed E-state index contributed by atoms with van der Waals surface area (Å²) in [6.07, 6.45) is 2.47. The molecule has 1 aromatic heterocycles. The van der Waals surface area contributed by atoms with Crippen LogP contribution in [0.15, 0.2) is 35.4 Å². The van der Waals surface area contributed by atoms with E-state index in [4.69, 9.17) is 0 Å². The van der Waals surface area contributed by atoms with E-state index in [0.29, 0.717) is 0 Å². The number of nitrogens with one attached hydrogen (secondary N) is 2. The number of rotatable bonds is 1. The van der Waals surface area contributed by atoms with Gasteiger partial charge < -0.3 is 10.3 Å². The molecule has 0 bridgehead atoms. The third kappa shape index (κ3) is 1.48. The molecular formula is C12H11N3O. The van der Waals surface area contributed by atoms with Gasteiger partial charge in [0.25, 0.3) is 5.56 Å². The van der Waals surface area contributed by atoms with E-state index in [1.54, 1.807) is 0 Å². The molecule has 0 atom stereocenters. The number of hydrogen-bond acceptors (Lipinski definition) is 3. The first-order chi connectivity index (χ1) is 7.83. The summed E-state index contributed by atoms with van der Waals surface area (Å²) in [5.74, 6) is 0. The molecule has 2 heterocycles. The molecule has 3 rings (SSSR count). The van der Waals surface area contributed by atoms with Crippen LogP contribution in [-0.4, -0.2) is 16.5 Å². The molecular weight excluding hydrogens is 202 g/mol. The first-order valence-corrected chi connectivity index (χ1v) is 5.25. The summed E-state index contributed by atoms with van der Waals surface area (Å²) in [5.41, 5.74) is 4.07.